The van der Waals surface area contributed by atoms with E-state index in [0.29, 0.717) is 17.5 Å². The zero-order valence-corrected chi connectivity index (χ0v) is 13.6. The molecule has 0 saturated heterocycles. The minimum Gasteiger partial charge on any atom is -0.478 e. The average molecular weight is 337 g/mol. The summed E-state index contributed by atoms with van der Waals surface area (Å²) >= 11 is 0. The first-order valence-corrected chi connectivity index (χ1v) is 7.48. The molecule has 7 heteroatoms. The Morgan fingerprint density at radius 1 is 1.16 bits per heavy atom. The zero-order valence-electron chi connectivity index (χ0n) is 13.6. The van der Waals surface area contributed by atoms with Crippen LogP contribution in [-0.2, 0) is 4.79 Å². The Bertz CT molecular complexity index is 930. The monoisotopic (exact) mass is 337 g/mol. The summed E-state index contributed by atoms with van der Waals surface area (Å²) in [5.74, 6) is 0.617. The Labute approximate surface area is 143 Å². The van der Waals surface area contributed by atoms with Crippen molar-refractivity contribution in [1.82, 2.24) is 15.1 Å². The molecular formula is C18H15N3O4. The van der Waals surface area contributed by atoms with Crippen LogP contribution in [0.15, 0.2) is 52.6 Å². The molecule has 25 heavy (non-hydrogen) atoms. The average Bonchev–Trinajstić information content (AvgIpc) is 3.04. The van der Waals surface area contributed by atoms with Crippen molar-refractivity contribution in [2.75, 3.05) is 0 Å². The van der Waals surface area contributed by atoms with Crippen molar-refractivity contribution in [3.8, 4) is 23.0 Å². The van der Waals surface area contributed by atoms with Gasteiger partial charge in [-0.25, -0.2) is 9.78 Å². The lowest BCUT2D eigenvalue weighted by Crippen LogP contribution is -1.95. The SMILES string of the molecule is CC(=Cc1nc(-c2ccc(Oc3cccc(C)n3)cc2)no1)C(=O)O. The standard InChI is InChI=1S/C18H15N3O4/c1-11(18(22)23)10-16-20-17(21-25-16)13-6-8-14(9-7-13)24-15-5-3-4-12(2)19-15/h3-10H,1-2H3,(H,22,23). The third-order valence-corrected chi connectivity index (χ3v) is 3.32. The highest BCUT2D eigenvalue weighted by molar-refractivity contribution is 5.90. The highest BCUT2D eigenvalue weighted by Gasteiger charge is 2.09. The van der Waals surface area contributed by atoms with E-state index >= 15 is 0 Å². The molecule has 0 spiro atoms. The van der Waals surface area contributed by atoms with Gasteiger partial charge in [-0.3, -0.25) is 0 Å². The van der Waals surface area contributed by atoms with Crippen molar-refractivity contribution in [2.24, 2.45) is 0 Å². The van der Waals surface area contributed by atoms with E-state index in [0.717, 1.165) is 11.3 Å². The molecule has 1 N–H and O–H groups in total. The molecule has 0 aliphatic heterocycles. The second-order valence-electron chi connectivity index (χ2n) is 5.33. The van der Waals surface area contributed by atoms with E-state index in [4.69, 9.17) is 14.4 Å². The fraction of sp³-hybridized carbons (Fsp3) is 0.111. The Morgan fingerprint density at radius 2 is 1.92 bits per heavy atom. The number of carboxylic acid groups (broad SMARTS) is 1. The van der Waals surface area contributed by atoms with Gasteiger partial charge in [-0.05, 0) is 44.2 Å². The van der Waals surface area contributed by atoms with Crippen molar-refractivity contribution >= 4 is 12.0 Å². The van der Waals surface area contributed by atoms with Crippen LogP contribution in [0.3, 0.4) is 0 Å². The minimum atomic E-state index is -1.04. The molecule has 126 valence electrons. The molecule has 0 aliphatic rings. The third kappa shape index (κ3) is 4.08. The first kappa shape index (κ1) is 16.4. The van der Waals surface area contributed by atoms with Crippen molar-refractivity contribution in [3.63, 3.8) is 0 Å². The first-order valence-electron chi connectivity index (χ1n) is 7.48. The molecule has 3 rings (SSSR count). The fourth-order valence-corrected chi connectivity index (χ4v) is 2.03. The van der Waals surface area contributed by atoms with Crippen LogP contribution in [0.4, 0.5) is 0 Å². The van der Waals surface area contributed by atoms with E-state index in [1.54, 1.807) is 30.3 Å². The topological polar surface area (TPSA) is 98.3 Å². The Morgan fingerprint density at radius 3 is 2.60 bits per heavy atom. The predicted octanol–water partition coefficient (Wildman–Crippen LogP) is 3.72. The number of carbonyl (C=O) groups is 1. The predicted molar refractivity (Wildman–Crippen MR) is 90.1 cm³/mol. The molecule has 1 aromatic carbocycles. The molecule has 0 bridgehead atoms. The van der Waals surface area contributed by atoms with Gasteiger partial charge in [-0.2, -0.15) is 4.98 Å². The van der Waals surface area contributed by atoms with Crippen LogP contribution in [-0.4, -0.2) is 26.2 Å². The zero-order chi connectivity index (χ0) is 17.8. The van der Waals surface area contributed by atoms with Crippen LogP contribution in [0.5, 0.6) is 11.6 Å². The normalized spacial score (nSPS) is 11.4. The number of hydrogen-bond acceptors (Lipinski definition) is 6. The lowest BCUT2D eigenvalue weighted by molar-refractivity contribution is -0.132. The molecule has 0 amide bonds. The summed E-state index contributed by atoms with van der Waals surface area (Å²) < 4.78 is 10.7. The summed E-state index contributed by atoms with van der Waals surface area (Å²) in [6.45, 7) is 3.35. The van der Waals surface area contributed by atoms with Crippen LogP contribution >= 0.6 is 0 Å². The van der Waals surface area contributed by atoms with E-state index < -0.39 is 5.97 Å². The number of ether oxygens (including phenoxy) is 1. The van der Waals surface area contributed by atoms with Crippen LogP contribution in [0.2, 0.25) is 0 Å². The van der Waals surface area contributed by atoms with Gasteiger partial charge in [0, 0.05) is 29.0 Å². The summed E-state index contributed by atoms with van der Waals surface area (Å²) in [5.41, 5.74) is 1.71. The van der Waals surface area contributed by atoms with Gasteiger partial charge in [-0.1, -0.05) is 11.2 Å². The maximum atomic E-state index is 10.8. The molecule has 7 nitrogen and oxygen atoms in total. The van der Waals surface area contributed by atoms with Crippen molar-refractivity contribution in [1.29, 1.82) is 0 Å². The number of aliphatic carboxylic acids is 1. The molecule has 0 unspecified atom stereocenters. The van der Waals surface area contributed by atoms with E-state index in [-0.39, 0.29) is 11.5 Å². The van der Waals surface area contributed by atoms with Gasteiger partial charge >= 0.3 is 5.97 Å². The number of aromatic nitrogens is 3. The number of hydrogen-bond donors (Lipinski definition) is 1. The molecule has 0 radical (unpaired) electrons. The Hall–Kier alpha value is -3.48. The van der Waals surface area contributed by atoms with Gasteiger partial charge in [-0.15, -0.1) is 0 Å². The quantitative estimate of drug-likeness (QED) is 0.708. The number of aryl methyl sites for hydroxylation is 1. The highest BCUT2D eigenvalue weighted by Crippen LogP contribution is 2.24. The summed E-state index contributed by atoms with van der Waals surface area (Å²) in [6, 6.07) is 12.7. The van der Waals surface area contributed by atoms with Crippen LogP contribution in [0, 0.1) is 6.92 Å². The van der Waals surface area contributed by atoms with Crippen molar-refractivity contribution in [2.45, 2.75) is 13.8 Å². The maximum absolute atomic E-state index is 10.8. The second-order valence-corrected chi connectivity index (χ2v) is 5.33. The van der Waals surface area contributed by atoms with Gasteiger partial charge in [0.05, 0.1) is 0 Å². The fourth-order valence-electron chi connectivity index (χ4n) is 2.03. The molecule has 0 saturated carbocycles. The Kier molecular flexibility index (Phi) is 4.56. The van der Waals surface area contributed by atoms with E-state index in [1.807, 2.05) is 19.1 Å². The number of carboxylic acids is 1. The van der Waals surface area contributed by atoms with Gasteiger partial charge in [0.15, 0.2) is 0 Å². The van der Waals surface area contributed by atoms with E-state index in [9.17, 15) is 4.79 Å². The van der Waals surface area contributed by atoms with E-state index in [1.165, 1.54) is 13.0 Å². The molecule has 3 aromatic rings. The lowest BCUT2D eigenvalue weighted by Gasteiger charge is -2.05. The molecule has 2 heterocycles. The Balaban J connectivity index is 1.75. The second kappa shape index (κ2) is 6.96. The summed E-state index contributed by atoms with van der Waals surface area (Å²) in [7, 11) is 0. The molecule has 0 fully saturated rings. The third-order valence-electron chi connectivity index (χ3n) is 3.32. The van der Waals surface area contributed by atoms with Crippen LogP contribution < -0.4 is 4.74 Å². The van der Waals surface area contributed by atoms with E-state index in [2.05, 4.69) is 15.1 Å². The number of pyridine rings is 1. The number of nitrogens with zero attached hydrogens (tertiary/aromatic N) is 3. The molecule has 0 aliphatic carbocycles. The van der Waals surface area contributed by atoms with Crippen LogP contribution in [0.25, 0.3) is 17.5 Å². The smallest absolute Gasteiger partial charge is 0.331 e. The lowest BCUT2D eigenvalue weighted by atomic mass is 10.2. The minimum absolute atomic E-state index is 0.115. The van der Waals surface area contributed by atoms with Gasteiger partial charge < -0.3 is 14.4 Å². The first-order chi connectivity index (χ1) is 12.0. The molecule has 0 atom stereocenters. The van der Waals surface area contributed by atoms with Crippen molar-refractivity contribution < 1.29 is 19.2 Å². The van der Waals surface area contributed by atoms with Gasteiger partial charge in [0.25, 0.3) is 5.89 Å². The van der Waals surface area contributed by atoms with Crippen molar-refractivity contribution in [3.05, 3.63) is 59.6 Å². The largest absolute Gasteiger partial charge is 0.478 e. The maximum Gasteiger partial charge on any atom is 0.331 e. The number of benzene rings is 1. The highest BCUT2D eigenvalue weighted by atomic mass is 16.5. The molecule has 2 aromatic heterocycles. The number of rotatable bonds is 5. The van der Waals surface area contributed by atoms with Gasteiger partial charge in [0.2, 0.25) is 11.7 Å². The summed E-state index contributed by atoms with van der Waals surface area (Å²) in [4.78, 5) is 19.2. The van der Waals surface area contributed by atoms with Gasteiger partial charge in [0.1, 0.15) is 5.75 Å². The molecular weight excluding hydrogens is 322 g/mol. The summed E-state index contributed by atoms with van der Waals surface area (Å²) in [5, 5.41) is 12.7. The summed E-state index contributed by atoms with van der Waals surface area (Å²) in [6.07, 6.45) is 1.32. The van der Waals surface area contributed by atoms with Crippen LogP contribution in [0.1, 0.15) is 18.5 Å².